The van der Waals surface area contributed by atoms with Crippen molar-refractivity contribution in [2.24, 2.45) is 0 Å². The summed E-state index contributed by atoms with van der Waals surface area (Å²) in [4.78, 5) is 16.8. The number of carbonyl (C=O) groups is 1. The van der Waals surface area contributed by atoms with Gasteiger partial charge in [0.15, 0.2) is 5.13 Å². The van der Waals surface area contributed by atoms with Crippen molar-refractivity contribution in [3.05, 3.63) is 70.5 Å². The fraction of sp³-hybridized carbons (Fsp3) is 0.105. The Hall–Kier alpha value is -2.85. The number of rotatable bonds is 6. The van der Waals surface area contributed by atoms with E-state index < -0.39 is 6.61 Å². The monoisotopic (exact) mass is 478 g/mol. The number of fused-ring (bicyclic) bond motifs is 1. The number of carbonyl (C=O) groups excluding carboxylic acids is 1. The van der Waals surface area contributed by atoms with E-state index in [9.17, 15) is 13.6 Å². The molecule has 1 N–H and O–H groups in total. The SMILES string of the molecule is O=C(Nc1nc2ccc(OC(F)F)cc2s1)c1ccc(Cn2cc(Br)cn2)cc1. The lowest BCUT2D eigenvalue weighted by atomic mass is 10.1. The Kier molecular flexibility index (Phi) is 5.54. The number of nitrogens with one attached hydrogen (secondary N) is 1. The van der Waals surface area contributed by atoms with Gasteiger partial charge in [-0.1, -0.05) is 23.5 Å². The van der Waals surface area contributed by atoms with Crippen molar-refractivity contribution in [2.75, 3.05) is 5.32 Å². The van der Waals surface area contributed by atoms with Crippen LogP contribution in [0.1, 0.15) is 15.9 Å². The van der Waals surface area contributed by atoms with Gasteiger partial charge >= 0.3 is 6.61 Å². The van der Waals surface area contributed by atoms with Gasteiger partial charge in [-0.25, -0.2) is 4.98 Å². The lowest BCUT2D eigenvalue weighted by molar-refractivity contribution is -0.0497. The van der Waals surface area contributed by atoms with Gasteiger partial charge in [0.05, 0.1) is 27.4 Å². The molecule has 2 heterocycles. The Morgan fingerprint density at radius 1 is 1.24 bits per heavy atom. The highest BCUT2D eigenvalue weighted by Gasteiger charge is 2.12. The van der Waals surface area contributed by atoms with Gasteiger partial charge in [-0.15, -0.1) is 0 Å². The molecule has 2 aromatic carbocycles. The van der Waals surface area contributed by atoms with Gasteiger partial charge in [-0.3, -0.25) is 14.8 Å². The van der Waals surface area contributed by atoms with Gasteiger partial charge in [0.2, 0.25) is 0 Å². The summed E-state index contributed by atoms with van der Waals surface area (Å²) in [6.07, 6.45) is 3.58. The smallest absolute Gasteiger partial charge is 0.387 e. The van der Waals surface area contributed by atoms with E-state index in [1.807, 2.05) is 18.3 Å². The van der Waals surface area contributed by atoms with Gasteiger partial charge in [-0.05, 0) is 51.8 Å². The molecule has 0 atom stereocenters. The molecule has 0 radical (unpaired) electrons. The highest BCUT2D eigenvalue weighted by Crippen LogP contribution is 2.30. The molecule has 1 amide bonds. The molecule has 10 heteroatoms. The molecule has 0 saturated heterocycles. The summed E-state index contributed by atoms with van der Waals surface area (Å²) < 4.78 is 32.4. The molecule has 148 valence electrons. The molecule has 0 unspecified atom stereocenters. The number of thiazole rings is 1. The fourth-order valence-corrected chi connectivity index (χ4v) is 3.89. The lowest BCUT2D eigenvalue weighted by Gasteiger charge is -2.04. The van der Waals surface area contributed by atoms with Crippen molar-refractivity contribution in [1.29, 1.82) is 0 Å². The second-order valence-corrected chi connectivity index (χ2v) is 7.98. The molecular weight excluding hydrogens is 466 g/mol. The first-order chi connectivity index (χ1) is 14.0. The van der Waals surface area contributed by atoms with Crippen molar-refractivity contribution < 1.29 is 18.3 Å². The number of nitrogens with zero attached hydrogens (tertiary/aromatic N) is 3. The van der Waals surface area contributed by atoms with Gasteiger partial charge in [-0.2, -0.15) is 13.9 Å². The summed E-state index contributed by atoms with van der Waals surface area (Å²) >= 11 is 4.54. The summed E-state index contributed by atoms with van der Waals surface area (Å²) in [7, 11) is 0. The van der Waals surface area contributed by atoms with Crippen LogP contribution in [-0.4, -0.2) is 27.3 Å². The summed E-state index contributed by atoms with van der Waals surface area (Å²) in [6, 6.07) is 11.6. The molecule has 2 aromatic heterocycles. The van der Waals surface area contributed by atoms with Gasteiger partial charge in [0.25, 0.3) is 5.91 Å². The number of ether oxygens (including phenoxy) is 1. The maximum Gasteiger partial charge on any atom is 0.387 e. The molecule has 6 nitrogen and oxygen atoms in total. The standard InChI is InChI=1S/C19H13BrF2N4O2S/c20-13-8-23-26(10-13)9-11-1-3-12(4-2-11)17(27)25-19-24-15-6-5-14(28-18(21)22)7-16(15)29-19/h1-8,10,18H,9H2,(H,24,25,27). The predicted octanol–water partition coefficient (Wildman–Crippen LogP) is 5.16. The zero-order chi connectivity index (χ0) is 20.4. The van der Waals surface area contributed by atoms with E-state index in [0.717, 1.165) is 10.0 Å². The van der Waals surface area contributed by atoms with E-state index in [2.05, 4.69) is 36.1 Å². The number of amides is 1. The van der Waals surface area contributed by atoms with Gasteiger partial charge < -0.3 is 4.74 Å². The molecular formula is C19H13BrF2N4O2S. The summed E-state index contributed by atoms with van der Waals surface area (Å²) in [5, 5.41) is 7.32. The first-order valence-corrected chi connectivity index (χ1v) is 10.0. The third-order valence-corrected chi connectivity index (χ3v) is 5.31. The first kappa shape index (κ1) is 19.5. The van der Waals surface area contributed by atoms with E-state index >= 15 is 0 Å². The molecule has 0 bridgehead atoms. The summed E-state index contributed by atoms with van der Waals surface area (Å²) in [5.41, 5.74) is 2.08. The molecule has 0 spiro atoms. The molecule has 29 heavy (non-hydrogen) atoms. The maximum atomic E-state index is 12.5. The summed E-state index contributed by atoms with van der Waals surface area (Å²) in [6.45, 7) is -2.30. The van der Waals surface area contributed by atoms with Crippen LogP contribution in [-0.2, 0) is 6.54 Å². The van der Waals surface area contributed by atoms with Crippen molar-refractivity contribution in [3.63, 3.8) is 0 Å². The first-order valence-electron chi connectivity index (χ1n) is 8.40. The topological polar surface area (TPSA) is 69.0 Å². The largest absolute Gasteiger partial charge is 0.435 e. The molecule has 0 saturated carbocycles. The van der Waals surface area contributed by atoms with Crippen LogP contribution in [0.15, 0.2) is 59.3 Å². The lowest BCUT2D eigenvalue weighted by Crippen LogP contribution is -2.11. The van der Waals surface area contributed by atoms with Gasteiger partial charge in [0.1, 0.15) is 5.75 Å². The minimum absolute atomic E-state index is 0.0498. The second-order valence-electron chi connectivity index (χ2n) is 6.03. The van der Waals surface area contributed by atoms with E-state index in [-0.39, 0.29) is 11.7 Å². The number of hydrogen-bond acceptors (Lipinski definition) is 5. The number of aromatic nitrogens is 3. The van der Waals surface area contributed by atoms with E-state index in [4.69, 9.17) is 0 Å². The van der Waals surface area contributed by atoms with Crippen molar-refractivity contribution in [2.45, 2.75) is 13.2 Å². The maximum absolute atomic E-state index is 12.5. The van der Waals surface area contributed by atoms with Crippen LogP contribution in [0.25, 0.3) is 10.2 Å². The zero-order valence-corrected chi connectivity index (χ0v) is 17.1. The molecule has 0 aliphatic heterocycles. The highest BCUT2D eigenvalue weighted by atomic mass is 79.9. The van der Waals surface area contributed by atoms with Crippen LogP contribution in [0.3, 0.4) is 0 Å². The van der Waals surface area contributed by atoms with Crippen LogP contribution in [0.2, 0.25) is 0 Å². The Morgan fingerprint density at radius 2 is 2.03 bits per heavy atom. The third-order valence-electron chi connectivity index (χ3n) is 3.97. The zero-order valence-electron chi connectivity index (χ0n) is 14.7. The van der Waals surface area contributed by atoms with Crippen molar-refractivity contribution in [1.82, 2.24) is 14.8 Å². The molecule has 0 aliphatic carbocycles. The average molecular weight is 479 g/mol. The Balaban J connectivity index is 1.44. The Morgan fingerprint density at radius 3 is 2.72 bits per heavy atom. The number of benzene rings is 2. The van der Waals surface area contributed by atoms with E-state index in [1.54, 1.807) is 29.1 Å². The van der Waals surface area contributed by atoms with E-state index in [0.29, 0.717) is 27.5 Å². The quantitative estimate of drug-likeness (QED) is 0.415. The molecule has 0 aliphatic rings. The highest BCUT2D eigenvalue weighted by molar-refractivity contribution is 9.10. The minimum atomic E-state index is -2.89. The van der Waals surface area contributed by atoms with Crippen LogP contribution in [0.5, 0.6) is 5.75 Å². The van der Waals surface area contributed by atoms with Crippen molar-refractivity contribution >= 4 is 48.5 Å². The number of halogens is 3. The molecule has 4 rings (SSSR count). The predicted molar refractivity (Wildman–Crippen MR) is 110 cm³/mol. The minimum Gasteiger partial charge on any atom is -0.435 e. The summed E-state index contributed by atoms with van der Waals surface area (Å²) in [5.74, 6) is -0.254. The van der Waals surface area contributed by atoms with Crippen molar-refractivity contribution in [3.8, 4) is 5.75 Å². The Bertz CT molecular complexity index is 1160. The average Bonchev–Trinajstić information content (AvgIpc) is 3.26. The van der Waals surface area contributed by atoms with Crippen LogP contribution < -0.4 is 10.1 Å². The van der Waals surface area contributed by atoms with Gasteiger partial charge in [0, 0.05) is 11.8 Å². The molecule has 4 aromatic rings. The number of anilines is 1. The van der Waals surface area contributed by atoms with E-state index in [1.165, 1.54) is 23.5 Å². The second kappa shape index (κ2) is 8.26. The van der Waals surface area contributed by atoms with Crippen LogP contribution in [0, 0.1) is 0 Å². The number of alkyl halides is 2. The molecule has 0 fully saturated rings. The normalized spacial score (nSPS) is 11.2. The fourth-order valence-electron chi connectivity index (χ4n) is 2.68. The van der Waals surface area contributed by atoms with Crippen LogP contribution >= 0.6 is 27.3 Å². The number of hydrogen-bond donors (Lipinski definition) is 1. The third kappa shape index (κ3) is 4.77. The van der Waals surface area contributed by atoms with Crippen LogP contribution in [0.4, 0.5) is 13.9 Å². The Labute approximate surface area is 176 Å².